The zero-order chi connectivity index (χ0) is 37.9. The van der Waals surface area contributed by atoms with Gasteiger partial charge in [-0.05, 0) is 83.9 Å². The fourth-order valence-corrected chi connectivity index (χ4v) is 9.58. The third-order valence-corrected chi connectivity index (χ3v) is 12.1. The molecule has 4 nitrogen and oxygen atoms in total. The first-order valence-electron chi connectivity index (χ1n) is 19.8. The fraction of sp³-hybridized carbons (Fsp3) is 0. The van der Waals surface area contributed by atoms with E-state index in [1.165, 1.54) is 32.6 Å². The van der Waals surface area contributed by atoms with Gasteiger partial charge in [0.2, 0.25) is 0 Å². The first-order valence-corrected chi connectivity index (χ1v) is 19.8. The van der Waals surface area contributed by atoms with E-state index in [-0.39, 0.29) is 0 Å². The van der Waals surface area contributed by atoms with Crippen molar-refractivity contribution in [3.8, 4) is 33.6 Å². The predicted molar refractivity (Wildman–Crippen MR) is 241 cm³/mol. The number of aromatic nitrogens is 2. The molecule has 0 saturated carbocycles. The number of benzene rings is 9. The topological polar surface area (TPSA) is 36.1 Å². The quantitative estimate of drug-likeness (QED) is 0.180. The lowest BCUT2D eigenvalue weighted by Crippen LogP contribution is -2.01. The minimum atomic E-state index is 0.884. The second-order valence-electron chi connectivity index (χ2n) is 15.2. The van der Waals surface area contributed by atoms with Gasteiger partial charge in [0.05, 0.1) is 27.8 Å². The Morgan fingerprint density at radius 1 is 0.276 bits per heavy atom. The molecule has 4 aromatic heterocycles. The van der Waals surface area contributed by atoms with Crippen molar-refractivity contribution >= 4 is 87.5 Å². The third-order valence-electron chi connectivity index (χ3n) is 12.1. The Hall–Kier alpha value is -7.82. The number of hydrogen-bond donors (Lipinski definition) is 0. The van der Waals surface area contributed by atoms with Gasteiger partial charge in [0, 0.05) is 59.9 Å². The van der Waals surface area contributed by atoms with E-state index >= 15 is 0 Å². The van der Waals surface area contributed by atoms with Crippen LogP contribution in [0.15, 0.2) is 203 Å². The molecule has 0 aliphatic rings. The van der Waals surface area contributed by atoms with E-state index in [1.54, 1.807) is 0 Å². The fourth-order valence-electron chi connectivity index (χ4n) is 9.58. The predicted octanol–water partition coefficient (Wildman–Crippen LogP) is 15.0. The molecule has 0 atom stereocenters. The van der Waals surface area contributed by atoms with Crippen LogP contribution >= 0.6 is 0 Å². The summed E-state index contributed by atoms with van der Waals surface area (Å²) in [6.07, 6.45) is 0. The second kappa shape index (κ2) is 11.8. The molecule has 0 bridgehead atoms. The highest BCUT2D eigenvalue weighted by Crippen LogP contribution is 2.44. The van der Waals surface area contributed by atoms with Crippen LogP contribution in [0.5, 0.6) is 0 Å². The number of furan rings is 2. The first-order chi connectivity index (χ1) is 28.8. The maximum atomic E-state index is 6.30. The van der Waals surface area contributed by atoms with Gasteiger partial charge in [-0.25, -0.2) is 0 Å². The van der Waals surface area contributed by atoms with Gasteiger partial charge in [0.15, 0.2) is 0 Å². The van der Waals surface area contributed by atoms with Crippen molar-refractivity contribution in [2.75, 3.05) is 0 Å². The average Bonchev–Trinajstić information content (AvgIpc) is 4.03. The number of rotatable bonds is 4. The summed E-state index contributed by atoms with van der Waals surface area (Å²) in [5.74, 6) is 0. The largest absolute Gasteiger partial charge is 0.456 e. The summed E-state index contributed by atoms with van der Waals surface area (Å²) in [4.78, 5) is 0. The Kier molecular flexibility index (Phi) is 6.41. The van der Waals surface area contributed by atoms with Crippen molar-refractivity contribution < 1.29 is 8.83 Å². The van der Waals surface area contributed by atoms with Crippen molar-refractivity contribution in [3.63, 3.8) is 0 Å². The molecule has 0 amide bonds. The van der Waals surface area contributed by atoms with Crippen molar-refractivity contribution in [2.45, 2.75) is 0 Å². The van der Waals surface area contributed by atoms with Crippen molar-refractivity contribution in [1.82, 2.24) is 9.13 Å². The van der Waals surface area contributed by atoms with Crippen molar-refractivity contribution in [1.29, 1.82) is 0 Å². The van der Waals surface area contributed by atoms with Crippen LogP contribution in [0.25, 0.3) is 121 Å². The van der Waals surface area contributed by atoms with E-state index in [4.69, 9.17) is 8.83 Å². The van der Waals surface area contributed by atoms with Gasteiger partial charge in [0.1, 0.15) is 22.3 Å². The molecular weight excluding hydrogens is 709 g/mol. The minimum Gasteiger partial charge on any atom is -0.456 e. The maximum absolute atomic E-state index is 6.30. The van der Waals surface area contributed by atoms with Crippen molar-refractivity contribution in [3.05, 3.63) is 194 Å². The van der Waals surface area contributed by atoms with Crippen molar-refractivity contribution in [2.24, 2.45) is 0 Å². The molecule has 0 fully saturated rings. The zero-order valence-corrected chi connectivity index (χ0v) is 31.2. The Bertz CT molecular complexity index is 3630. The maximum Gasteiger partial charge on any atom is 0.135 e. The van der Waals surface area contributed by atoms with Crippen LogP contribution in [0.3, 0.4) is 0 Å². The van der Waals surface area contributed by atoms with Crippen LogP contribution in [0.4, 0.5) is 0 Å². The molecule has 4 heterocycles. The Morgan fingerprint density at radius 3 is 1.26 bits per heavy atom. The van der Waals surface area contributed by atoms with Gasteiger partial charge < -0.3 is 18.0 Å². The monoisotopic (exact) mass is 740 g/mol. The number of fused-ring (bicyclic) bond motifs is 12. The molecule has 0 spiro atoms. The molecule has 0 radical (unpaired) electrons. The highest BCUT2D eigenvalue weighted by Gasteiger charge is 2.22. The molecule has 0 aliphatic carbocycles. The van der Waals surface area contributed by atoms with E-state index in [1.807, 2.05) is 24.3 Å². The van der Waals surface area contributed by atoms with Crippen LogP contribution < -0.4 is 0 Å². The standard InChI is InChI=1S/C54H32N2O2/c1-6-19-46-38(12-1)39-13-2-7-20-47(39)55(46)35-26-27-49-43(32-35)40-14-3-8-21-48(40)56(49)54-36(33-24-28-52-44(30-33)41-15-4-9-22-50(41)57-52)17-11-18-37(54)34-25-29-53-45(31-34)42-16-5-10-23-51(42)58-53/h1-32H. The van der Waals surface area contributed by atoms with Gasteiger partial charge in [0.25, 0.3) is 0 Å². The summed E-state index contributed by atoms with van der Waals surface area (Å²) in [6.45, 7) is 0. The van der Waals surface area contributed by atoms with E-state index in [0.29, 0.717) is 0 Å². The number of hydrogen-bond acceptors (Lipinski definition) is 2. The lowest BCUT2D eigenvalue weighted by Gasteiger charge is -2.19. The first kappa shape index (κ1) is 31.4. The van der Waals surface area contributed by atoms with Gasteiger partial charge >= 0.3 is 0 Å². The molecule has 13 aromatic rings. The Labute approximate surface area is 332 Å². The normalized spacial score (nSPS) is 12.1. The molecule has 0 N–H and O–H groups in total. The zero-order valence-electron chi connectivity index (χ0n) is 31.2. The molecule has 0 saturated heterocycles. The van der Waals surface area contributed by atoms with E-state index in [9.17, 15) is 0 Å². The van der Waals surface area contributed by atoms with Crippen LogP contribution in [0.2, 0.25) is 0 Å². The highest BCUT2D eigenvalue weighted by molar-refractivity contribution is 6.14. The molecule has 0 unspecified atom stereocenters. The molecule has 9 aromatic carbocycles. The Balaban J connectivity index is 1.12. The van der Waals surface area contributed by atoms with Crippen LogP contribution in [-0.2, 0) is 0 Å². The summed E-state index contributed by atoms with van der Waals surface area (Å²) >= 11 is 0. The van der Waals surface area contributed by atoms with E-state index in [2.05, 4.69) is 179 Å². The summed E-state index contributed by atoms with van der Waals surface area (Å²) in [7, 11) is 0. The SMILES string of the molecule is c1cc(-c2ccc3oc4ccccc4c3c2)c(-n2c3ccccc3c3cc(-n4c5ccccc5c5ccccc54)ccc32)c(-c2ccc3oc4ccccc4c3c2)c1. The van der Waals surface area contributed by atoms with Crippen LogP contribution in [-0.4, -0.2) is 9.13 Å². The average molecular weight is 741 g/mol. The Morgan fingerprint density at radius 2 is 0.707 bits per heavy atom. The molecule has 4 heteroatoms. The highest BCUT2D eigenvalue weighted by atomic mass is 16.3. The second-order valence-corrected chi connectivity index (χ2v) is 15.2. The van der Waals surface area contributed by atoms with Gasteiger partial charge in [-0.3, -0.25) is 0 Å². The molecule has 0 aliphatic heterocycles. The number of para-hydroxylation sites is 6. The molecule has 270 valence electrons. The minimum absolute atomic E-state index is 0.884. The smallest absolute Gasteiger partial charge is 0.135 e. The molecule has 13 rings (SSSR count). The van der Waals surface area contributed by atoms with E-state index in [0.717, 1.165) is 88.5 Å². The van der Waals surface area contributed by atoms with Gasteiger partial charge in [-0.15, -0.1) is 0 Å². The van der Waals surface area contributed by atoms with Gasteiger partial charge in [-0.1, -0.05) is 121 Å². The summed E-state index contributed by atoms with van der Waals surface area (Å²) in [6, 6.07) is 69.8. The summed E-state index contributed by atoms with van der Waals surface area (Å²) < 4.78 is 17.5. The molecule has 58 heavy (non-hydrogen) atoms. The van der Waals surface area contributed by atoms with Gasteiger partial charge in [-0.2, -0.15) is 0 Å². The lowest BCUT2D eigenvalue weighted by atomic mass is 9.94. The summed E-state index contributed by atoms with van der Waals surface area (Å²) in [5, 5.41) is 9.35. The third kappa shape index (κ3) is 4.40. The summed E-state index contributed by atoms with van der Waals surface area (Å²) in [5.41, 5.74) is 15.0. The van der Waals surface area contributed by atoms with E-state index < -0.39 is 0 Å². The number of nitrogens with zero attached hydrogens (tertiary/aromatic N) is 2. The lowest BCUT2D eigenvalue weighted by molar-refractivity contribution is 0.668. The van der Waals surface area contributed by atoms with Crippen LogP contribution in [0, 0.1) is 0 Å². The van der Waals surface area contributed by atoms with Crippen LogP contribution in [0.1, 0.15) is 0 Å². The molecular formula is C54H32N2O2.